The average molecular weight is 414 g/mol. The van der Waals surface area contributed by atoms with Crippen LogP contribution >= 0.6 is 0 Å². The first-order chi connectivity index (χ1) is 13.5. The second-order valence-corrected chi connectivity index (χ2v) is 7.54. The van der Waals surface area contributed by atoms with Crippen molar-refractivity contribution in [2.24, 2.45) is 5.92 Å². The third-order valence-electron chi connectivity index (χ3n) is 4.49. The summed E-state index contributed by atoms with van der Waals surface area (Å²) in [5, 5.41) is 22.1. The van der Waals surface area contributed by atoms with Crippen LogP contribution in [0.15, 0.2) is 40.9 Å². The van der Waals surface area contributed by atoms with Crippen LogP contribution in [0.1, 0.15) is 37.3 Å². The van der Waals surface area contributed by atoms with Crippen LogP contribution in [0.25, 0.3) is 0 Å². The van der Waals surface area contributed by atoms with Crippen LogP contribution in [-0.4, -0.2) is 45.5 Å². The van der Waals surface area contributed by atoms with Crippen molar-refractivity contribution in [3.8, 4) is 0 Å². The van der Waals surface area contributed by atoms with Gasteiger partial charge in [0.25, 0.3) is 0 Å². The molecule has 1 atom stereocenters. The molecule has 1 saturated heterocycles. The summed E-state index contributed by atoms with van der Waals surface area (Å²) in [5.41, 5.74) is 1.26. The number of aliphatic hydroxyl groups is 1. The SMILES string of the molecule is CC(C)Cc1cc(CN2CCC(O)(c3ccccc3)C2)on1.O=C(O)C(F)(F)F. The van der Waals surface area contributed by atoms with Crippen LogP contribution in [0.3, 0.4) is 0 Å². The highest BCUT2D eigenvalue weighted by molar-refractivity contribution is 5.73. The van der Waals surface area contributed by atoms with Crippen molar-refractivity contribution < 1.29 is 32.7 Å². The number of rotatable bonds is 5. The van der Waals surface area contributed by atoms with E-state index in [9.17, 15) is 18.3 Å². The van der Waals surface area contributed by atoms with Crippen LogP contribution < -0.4 is 0 Å². The first-order valence-electron chi connectivity index (χ1n) is 9.24. The maximum atomic E-state index is 10.8. The minimum absolute atomic E-state index is 0.577. The number of β-amino-alcohol motifs (C(OH)–C–C–N with tert-alkyl or cyclic N) is 1. The van der Waals surface area contributed by atoms with Gasteiger partial charge in [0.15, 0.2) is 5.76 Å². The zero-order valence-electron chi connectivity index (χ0n) is 16.3. The predicted molar refractivity (Wildman–Crippen MR) is 99.0 cm³/mol. The van der Waals surface area contributed by atoms with Crippen LogP contribution in [0, 0.1) is 5.92 Å². The number of nitrogens with zero attached hydrogens (tertiary/aromatic N) is 2. The summed E-state index contributed by atoms with van der Waals surface area (Å²) in [7, 11) is 0. The Hall–Kier alpha value is -2.39. The molecule has 0 aliphatic carbocycles. The normalized spacial score (nSPS) is 19.8. The van der Waals surface area contributed by atoms with Gasteiger partial charge >= 0.3 is 12.1 Å². The van der Waals surface area contributed by atoms with Crippen LogP contribution in [0.4, 0.5) is 13.2 Å². The highest BCUT2D eigenvalue weighted by Crippen LogP contribution is 2.32. The Morgan fingerprint density at radius 3 is 2.48 bits per heavy atom. The Bertz CT molecular complexity index is 793. The van der Waals surface area contributed by atoms with Gasteiger partial charge in [-0.15, -0.1) is 0 Å². The number of carbonyl (C=O) groups is 1. The minimum atomic E-state index is -5.08. The summed E-state index contributed by atoms with van der Waals surface area (Å²) < 4.78 is 37.2. The van der Waals surface area contributed by atoms with Crippen molar-refractivity contribution in [1.29, 1.82) is 0 Å². The lowest BCUT2D eigenvalue weighted by Gasteiger charge is -2.23. The van der Waals surface area contributed by atoms with E-state index in [-0.39, 0.29) is 0 Å². The van der Waals surface area contributed by atoms with Crippen molar-refractivity contribution in [2.75, 3.05) is 13.1 Å². The fourth-order valence-electron chi connectivity index (χ4n) is 3.16. The van der Waals surface area contributed by atoms with Crippen LogP contribution in [-0.2, 0) is 23.4 Å². The van der Waals surface area contributed by atoms with Gasteiger partial charge in [0.1, 0.15) is 5.60 Å². The highest BCUT2D eigenvalue weighted by atomic mass is 19.4. The van der Waals surface area contributed by atoms with Crippen molar-refractivity contribution >= 4 is 5.97 Å². The molecule has 160 valence electrons. The maximum Gasteiger partial charge on any atom is 0.490 e. The van der Waals surface area contributed by atoms with Crippen molar-refractivity contribution in [3.63, 3.8) is 0 Å². The number of hydrogen-bond acceptors (Lipinski definition) is 5. The summed E-state index contributed by atoms with van der Waals surface area (Å²) in [6.45, 7) is 6.56. The maximum absolute atomic E-state index is 10.8. The molecule has 2 heterocycles. The van der Waals surface area contributed by atoms with E-state index in [1.807, 2.05) is 36.4 Å². The molecule has 1 aliphatic rings. The number of aliphatic carboxylic acids is 1. The van der Waals surface area contributed by atoms with Gasteiger partial charge in [-0.1, -0.05) is 49.3 Å². The number of alkyl halides is 3. The summed E-state index contributed by atoms with van der Waals surface area (Å²) in [4.78, 5) is 11.1. The molecule has 1 fully saturated rings. The number of carboxylic acids is 1. The van der Waals surface area contributed by atoms with Gasteiger partial charge in [-0.05, 0) is 24.3 Å². The van der Waals surface area contributed by atoms with E-state index in [2.05, 4.69) is 23.9 Å². The van der Waals surface area contributed by atoms with Gasteiger partial charge in [0.2, 0.25) is 0 Å². The summed E-state index contributed by atoms with van der Waals surface area (Å²) >= 11 is 0. The largest absolute Gasteiger partial charge is 0.490 e. The van der Waals surface area contributed by atoms with E-state index in [1.54, 1.807) is 0 Å². The second kappa shape index (κ2) is 9.41. The molecule has 9 heteroatoms. The van der Waals surface area contributed by atoms with Crippen LogP contribution in [0.2, 0.25) is 0 Å². The van der Waals surface area contributed by atoms with E-state index in [0.29, 0.717) is 19.0 Å². The van der Waals surface area contributed by atoms with Gasteiger partial charge in [-0.3, -0.25) is 4.90 Å². The Morgan fingerprint density at radius 1 is 1.31 bits per heavy atom. The van der Waals surface area contributed by atoms with E-state index >= 15 is 0 Å². The molecular weight excluding hydrogens is 389 g/mol. The van der Waals surface area contributed by atoms with Gasteiger partial charge in [-0.25, -0.2) is 4.79 Å². The third-order valence-corrected chi connectivity index (χ3v) is 4.49. The molecule has 2 aromatic rings. The average Bonchev–Trinajstić information content (AvgIpc) is 3.22. The molecule has 0 bridgehead atoms. The van der Waals surface area contributed by atoms with Crippen molar-refractivity contribution in [2.45, 2.75) is 45.0 Å². The number of aromatic nitrogens is 1. The zero-order chi connectivity index (χ0) is 21.7. The molecule has 0 radical (unpaired) electrons. The fourth-order valence-corrected chi connectivity index (χ4v) is 3.16. The Balaban J connectivity index is 0.000000370. The molecule has 6 nitrogen and oxygen atoms in total. The molecule has 0 amide bonds. The van der Waals surface area contributed by atoms with E-state index in [4.69, 9.17) is 14.4 Å². The monoisotopic (exact) mass is 414 g/mol. The molecule has 0 saturated carbocycles. The van der Waals surface area contributed by atoms with E-state index < -0.39 is 17.7 Å². The van der Waals surface area contributed by atoms with Crippen molar-refractivity contribution in [3.05, 3.63) is 53.4 Å². The molecule has 1 unspecified atom stereocenters. The van der Waals surface area contributed by atoms with Gasteiger partial charge in [0.05, 0.1) is 12.2 Å². The Kier molecular flexibility index (Phi) is 7.43. The standard InChI is InChI=1S/C18H24N2O2.C2HF3O2/c1-14(2)10-16-11-17(22-19-16)12-20-9-8-18(21,13-20)15-6-4-3-5-7-15;3-2(4,5)1(6)7/h3-7,11,14,21H,8-10,12-13H2,1-2H3;(H,6,7). The van der Waals surface area contributed by atoms with E-state index in [0.717, 1.165) is 36.4 Å². The molecule has 29 heavy (non-hydrogen) atoms. The summed E-state index contributed by atoms with van der Waals surface area (Å²) in [6.07, 6.45) is -3.39. The van der Waals surface area contributed by atoms with E-state index in [1.165, 1.54) is 0 Å². The lowest BCUT2D eigenvalue weighted by Crippen LogP contribution is -2.30. The number of halogens is 3. The Labute approximate surface area is 166 Å². The number of carboxylic acid groups (broad SMARTS) is 1. The number of benzene rings is 1. The molecule has 1 aromatic heterocycles. The van der Waals surface area contributed by atoms with Gasteiger partial charge in [0, 0.05) is 19.2 Å². The first kappa shape index (κ1) is 22.9. The second-order valence-electron chi connectivity index (χ2n) is 7.54. The highest BCUT2D eigenvalue weighted by Gasteiger charge is 2.38. The molecular formula is C20H25F3N2O4. The fraction of sp³-hybridized carbons (Fsp3) is 0.500. The molecule has 2 N–H and O–H groups in total. The Morgan fingerprint density at radius 2 is 1.93 bits per heavy atom. The van der Waals surface area contributed by atoms with Crippen molar-refractivity contribution in [1.82, 2.24) is 10.1 Å². The lowest BCUT2D eigenvalue weighted by atomic mass is 9.93. The topological polar surface area (TPSA) is 86.8 Å². The lowest BCUT2D eigenvalue weighted by molar-refractivity contribution is -0.192. The third kappa shape index (κ3) is 6.86. The first-order valence-corrected chi connectivity index (χ1v) is 9.24. The number of hydrogen-bond donors (Lipinski definition) is 2. The predicted octanol–water partition coefficient (Wildman–Crippen LogP) is 3.60. The number of likely N-dealkylation sites (tertiary alicyclic amines) is 1. The smallest absolute Gasteiger partial charge is 0.475 e. The molecule has 1 aromatic carbocycles. The molecule has 1 aliphatic heterocycles. The minimum Gasteiger partial charge on any atom is -0.475 e. The summed E-state index contributed by atoms with van der Waals surface area (Å²) in [5.74, 6) is -1.30. The van der Waals surface area contributed by atoms with Gasteiger partial charge < -0.3 is 14.7 Å². The molecule has 3 rings (SSSR count). The van der Waals surface area contributed by atoms with Gasteiger partial charge in [-0.2, -0.15) is 13.2 Å². The quantitative estimate of drug-likeness (QED) is 0.778. The summed E-state index contributed by atoms with van der Waals surface area (Å²) in [6, 6.07) is 12.0. The molecule has 0 spiro atoms. The zero-order valence-corrected chi connectivity index (χ0v) is 16.3. The van der Waals surface area contributed by atoms with Crippen LogP contribution in [0.5, 0.6) is 0 Å².